The summed E-state index contributed by atoms with van der Waals surface area (Å²) in [5.41, 5.74) is 3.00. The molecule has 0 amide bonds. The molecule has 1 aliphatic carbocycles. The molecular formula is C31H39BrClF2NO. The van der Waals surface area contributed by atoms with Crippen molar-refractivity contribution >= 4 is 28.3 Å². The van der Waals surface area contributed by atoms with Gasteiger partial charge >= 0.3 is 0 Å². The predicted octanol–water partition coefficient (Wildman–Crippen LogP) is 7.79. The maximum atomic E-state index is 13.0. The van der Waals surface area contributed by atoms with Crippen LogP contribution in [0, 0.1) is 11.6 Å². The smallest absolute Gasteiger partial charge is 0.123 e. The average Bonchev–Trinajstić information content (AvgIpc) is 2.87. The second-order valence-corrected chi connectivity index (χ2v) is 11.0. The molecule has 2 nitrogen and oxygen atoms in total. The first-order valence-electron chi connectivity index (χ1n) is 12.7. The maximum Gasteiger partial charge on any atom is 0.123 e. The number of likely N-dealkylation sites (N-methyl/N-ethyl adjacent to an activating group) is 1. The third-order valence-corrected chi connectivity index (χ3v) is 7.90. The number of halogens is 4. The Morgan fingerprint density at radius 1 is 0.757 bits per heavy atom. The molecule has 0 radical (unpaired) electrons. The van der Waals surface area contributed by atoms with Gasteiger partial charge in [0.2, 0.25) is 0 Å². The lowest BCUT2D eigenvalue weighted by atomic mass is 9.69. The summed E-state index contributed by atoms with van der Waals surface area (Å²) in [6.45, 7) is 0. The van der Waals surface area contributed by atoms with E-state index in [9.17, 15) is 13.9 Å². The summed E-state index contributed by atoms with van der Waals surface area (Å²) in [6.07, 6.45) is 7.08. The first-order chi connectivity index (χ1) is 17.2. The van der Waals surface area contributed by atoms with Gasteiger partial charge in [-0.3, -0.25) is 0 Å². The summed E-state index contributed by atoms with van der Waals surface area (Å²) in [5, 5.41) is 12.0. The third-order valence-electron chi connectivity index (χ3n) is 7.50. The molecule has 0 bridgehead atoms. The van der Waals surface area contributed by atoms with Crippen LogP contribution in [0.15, 0.2) is 78.9 Å². The minimum Gasteiger partial charge on any atom is -0.390 e. The Morgan fingerprint density at radius 3 is 1.95 bits per heavy atom. The van der Waals surface area contributed by atoms with Gasteiger partial charge in [-0.05, 0) is 106 Å². The first kappa shape index (κ1) is 31.4. The maximum absolute atomic E-state index is 13.0. The monoisotopic (exact) mass is 593 g/mol. The van der Waals surface area contributed by atoms with E-state index in [1.54, 1.807) is 12.1 Å². The summed E-state index contributed by atoms with van der Waals surface area (Å²) in [5.74, 6) is -0.361. The molecule has 37 heavy (non-hydrogen) atoms. The molecule has 0 aromatic heterocycles. The zero-order chi connectivity index (χ0) is 26.0. The normalized spacial score (nSPS) is 21.1. The van der Waals surface area contributed by atoms with E-state index < -0.39 is 5.60 Å². The Bertz CT molecular complexity index is 1050. The number of aliphatic hydroxyl groups is 1. The number of hydrogen-bond donors (Lipinski definition) is 1. The molecule has 202 valence electrons. The van der Waals surface area contributed by atoms with Crippen molar-refractivity contribution in [1.82, 2.24) is 4.90 Å². The fourth-order valence-corrected chi connectivity index (χ4v) is 5.48. The van der Waals surface area contributed by atoms with Gasteiger partial charge in [0.1, 0.15) is 11.6 Å². The second-order valence-electron chi connectivity index (χ2n) is 10.2. The van der Waals surface area contributed by atoms with Crippen molar-refractivity contribution in [2.75, 3.05) is 19.4 Å². The molecular weight excluding hydrogens is 556 g/mol. The fraction of sp³-hybridized carbons (Fsp3) is 0.419. The van der Waals surface area contributed by atoms with Crippen molar-refractivity contribution in [3.8, 4) is 0 Å². The number of rotatable bonds is 8. The molecule has 1 aliphatic rings. The Morgan fingerprint density at radius 2 is 1.38 bits per heavy atom. The van der Waals surface area contributed by atoms with Crippen LogP contribution < -0.4 is 0 Å². The van der Waals surface area contributed by atoms with Crippen LogP contribution in [0.3, 0.4) is 0 Å². The largest absolute Gasteiger partial charge is 0.390 e. The first-order valence-corrected chi connectivity index (χ1v) is 13.8. The zero-order valence-electron chi connectivity index (χ0n) is 21.8. The summed E-state index contributed by atoms with van der Waals surface area (Å²) in [7, 11) is 4.32. The Hall–Kier alpha value is -1.79. The predicted molar refractivity (Wildman–Crippen MR) is 156 cm³/mol. The van der Waals surface area contributed by atoms with Gasteiger partial charge in [0.05, 0.1) is 5.60 Å². The van der Waals surface area contributed by atoms with E-state index in [1.807, 2.05) is 18.2 Å². The van der Waals surface area contributed by atoms with Gasteiger partial charge in [0.25, 0.3) is 0 Å². The standard InChI is InChI=1S/C23H30FNO.C8H8BrF.ClH/c1-25(2)22(18-20-6-4-3-5-7-20)14-16-23(26,17-15-22)13-12-19-8-10-21(24)11-9-19;9-5-4-7-2-1-3-8(10)6-7;/h3-11,26H,12-18H2,1-2H3;1-3,6H,4-5H2;1H. The van der Waals surface area contributed by atoms with Gasteiger partial charge < -0.3 is 10.0 Å². The highest BCUT2D eigenvalue weighted by molar-refractivity contribution is 9.09. The number of benzene rings is 3. The second kappa shape index (κ2) is 15.0. The van der Waals surface area contributed by atoms with Crippen molar-refractivity contribution in [2.24, 2.45) is 0 Å². The summed E-state index contributed by atoms with van der Waals surface area (Å²) < 4.78 is 25.5. The Balaban J connectivity index is 0.000000369. The number of aryl methyl sites for hydroxylation is 2. The number of hydrogen-bond acceptors (Lipinski definition) is 2. The van der Waals surface area contributed by atoms with Crippen LogP contribution in [0.5, 0.6) is 0 Å². The molecule has 0 heterocycles. The van der Waals surface area contributed by atoms with E-state index in [0.717, 1.165) is 67.8 Å². The van der Waals surface area contributed by atoms with Crippen LogP contribution >= 0.6 is 28.3 Å². The lowest BCUT2D eigenvalue weighted by Gasteiger charge is -2.48. The lowest BCUT2D eigenvalue weighted by molar-refractivity contribution is -0.0490. The van der Waals surface area contributed by atoms with E-state index in [-0.39, 0.29) is 29.6 Å². The van der Waals surface area contributed by atoms with Crippen LogP contribution in [0.25, 0.3) is 0 Å². The average molecular weight is 595 g/mol. The number of nitrogens with zero attached hydrogens (tertiary/aromatic N) is 1. The highest BCUT2D eigenvalue weighted by Crippen LogP contribution is 2.41. The Labute approximate surface area is 235 Å². The van der Waals surface area contributed by atoms with Gasteiger partial charge in [0, 0.05) is 10.9 Å². The molecule has 4 rings (SSSR count). The topological polar surface area (TPSA) is 23.5 Å². The van der Waals surface area contributed by atoms with E-state index in [2.05, 4.69) is 65.3 Å². The molecule has 0 aliphatic heterocycles. The third kappa shape index (κ3) is 9.79. The van der Waals surface area contributed by atoms with Crippen LogP contribution in [0.4, 0.5) is 8.78 Å². The summed E-state index contributed by atoms with van der Waals surface area (Å²) in [6, 6.07) is 23.9. The van der Waals surface area contributed by atoms with Crippen molar-refractivity contribution in [3.05, 3.63) is 107 Å². The lowest BCUT2D eigenvalue weighted by Crippen LogP contribution is -2.52. The summed E-state index contributed by atoms with van der Waals surface area (Å²) >= 11 is 3.29. The van der Waals surface area contributed by atoms with Crippen LogP contribution in [0.1, 0.15) is 48.8 Å². The van der Waals surface area contributed by atoms with Crippen molar-refractivity contribution in [1.29, 1.82) is 0 Å². The minimum absolute atomic E-state index is 0. The molecule has 0 atom stereocenters. The molecule has 0 spiro atoms. The molecule has 0 saturated heterocycles. The molecule has 1 saturated carbocycles. The fourth-order valence-electron chi connectivity index (χ4n) is 5.02. The summed E-state index contributed by atoms with van der Waals surface area (Å²) in [4.78, 5) is 2.35. The van der Waals surface area contributed by atoms with Gasteiger partial charge in [-0.1, -0.05) is 70.5 Å². The van der Waals surface area contributed by atoms with E-state index in [1.165, 1.54) is 23.8 Å². The Kier molecular flexibility index (Phi) is 12.7. The molecule has 1 fully saturated rings. The molecule has 3 aromatic rings. The van der Waals surface area contributed by atoms with Gasteiger partial charge in [-0.25, -0.2) is 8.78 Å². The van der Waals surface area contributed by atoms with Gasteiger partial charge in [-0.2, -0.15) is 0 Å². The SMILES string of the molecule is CN(C)C1(Cc2ccccc2)CCC(O)(CCc2ccc(F)cc2)CC1.Cl.Fc1cccc(CCBr)c1. The van der Waals surface area contributed by atoms with E-state index >= 15 is 0 Å². The van der Waals surface area contributed by atoms with Gasteiger partial charge in [0.15, 0.2) is 0 Å². The van der Waals surface area contributed by atoms with E-state index in [0.29, 0.717) is 0 Å². The molecule has 1 N–H and O–H groups in total. The highest BCUT2D eigenvalue weighted by Gasteiger charge is 2.42. The molecule has 0 unspecified atom stereocenters. The van der Waals surface area contributed by atoms with Gasteiger partial charge in [-0.15, -0.1) is 12.4 Å². The zero-order valence-corrected chi connectivity index (χ0v) is 24.2. The van der Waals surface area contributed by atoms with Crippen molar-refractivity contribution in [2.45, 2.75) is 62.5 Å². The van der Waals surface area contributed by atoms with Crippen molar-refractivity contribution < 1.29 is 13.9 Å². The molecule has 3 aromatic carbocycles. The van der Waals surface area contributed by atoms with Crippen LogP contribution in [-0.4, -0.2) is 40.6 Å². The number of alkyl halides is 1. The molecule has 6 heteroatoms. The van der Waals surface area contributed by atoms with Crippen LogP contribution in [0.2, 0.25) is 0 Å². The quantitative estimate of drug-likeness (QED) is 0.269. The van der Waals surface area contributed by atoms with E-state index in [4.69, 9.17) is 0 Å². The highest BCUT2D eigenvalue weighted by atomic mass is 79.9. The van der Waals surface area contributed by atoms with Crippen LogP contribution in [-0.2, 0) is 19.3 Å². The van der Waals surface area contributed by atoms with Crippen molar-refractivity contribution in [3.63, 3.8) is 0 Å². The minimum atomic E-state index is -0.607.